The van der Waals surface area contributed by atoms with Crippen molar-refractivity contribution in [3.8, 4) is 0 Å². The molecule has 0 spiro atoms. The highest BCUT2D eigenvalue weighted by Crippen LogP contribution is 2.10. The van der Waals surface area contributed by atoms with Crippen LogP contribution in [0.2, 0.25) is 0 Å². The van der Waals surface area contributed by atoms with Crippen LogP contribution in [-0.4, -0.2) is 22.3 Å². The molecule has 1 heterocycles. The Morgan fingerprint density at radius 3 is 3.05 bits per heavy atom. The van der Waals surface area contributed by atoms with Crippen LogP contribution in [0.1, 0.15) is 16.1 Å². The number of nitrogens with two attached hydrogens (primary N) is 1. The first kappa shape index (κ1) is 13.2. The fraction of sp³-hybridized carbons (Fsp3) is 0.167. The van der Waals surface area contributed by atoms with Gasteiger partial charge in [-0.25, -0.2) is 5.43 Å². The summed E-state index contributed by atoms with van der Waals surface area (Å²) >= 11 is 1.19. The Bertz CT molecular complexity index is 608. The number of hydrazone groups is 1. The predicted octanol–water partition coefficient (Wildman–Crippen LogP) is 1.12. The molecule has 1 aromatic carbocycles. The first-order valence-electron chi connectivity index (χ1n) is 5.60. The fourth-order valence-corrected chi connectivity index (χ4v) is 2.05. The minimum Gasteiger partial charge on any atom is -0.374 e. The number of nitrogens with zero attached hydrogens (tertiary/aromatic N) is 3. The maximum absolute atomic E-state index is 11.6. The summed E-state index contributed by atoms with van der Waals surface area (Å²) in [6, 6.07) is 7.81. The number of nitrogens with one attached hydrogen (secondary N) is 1. The number of rotatable bonds is 4. The van der Waals surface area contributed by atoms with Crippen LogP contribution in [0.25, 0.3) is 0 Å². The number of carbonyl (C=O) groups is 1. The van der Waals surface area contributed by atoms with Gasteiger partial charge in [-0.2, -0.15) is 5.10 Å². The fourth-order valence-electron chi connectivity index (χ4n) is 1.44. The molecule has 1 amide bonds. The molecule has 7 heteroatoms. The largest absolute Gasteiger partial charge is 0.374 e. The minimum absolute atomic E-state index is 0.125. The number of aromatic nitrogens is 2. The van der Waals surface area contributed by atoms with Crippen LogP contribution in [0.5, 0.6) is 0 Å². The molecule has 19 heavy (non-hydrogen) atoms. The van der Waals surface area contributed by atoms with Crippen LogP contribution in [-0.2, 0) is 11.2 Å². The number of carbonyl (C=O) groups excluding carboxylic acids is 1. The van der Waals surface area contributed by atoms with Crippen molar-refractivity contribution in [2.75, 3.05) is 5.73 Å². The highest BCUT2D eigenvalue weighted by atomic mass is 32.1. The zero-order valence-electron chi connectivity index (χ0n) is 10.3. The van der Waals surface area contributed by atoms with E-state index in [9.17, 15) is 4.79 Å². The van der Waals surface area contributed by atoms with E-state index in [-0.39, 0.29) is 12.3 Å². The topological polar surface area (TPSA) is 93.3 Å². The van der Waals surface area contributed by atoms with E-state index in [0.717, 1.165) is 11.1 Å². The maximum Gasteiger partial charge on any atom is 0.247 e. The van der Waals surface area contributed by atoms with E-state index in [4.69, 9.17) is 5.73 Å². The van der Waals surface area contributed by atoms with Gasteiger partial charge in [-0.1, -0.05) is 41.2 Å². The monoisotopic (exact) mass is 275 g/mol. The summed E-state index contributed by atoms with van der Waals surface area (Å²) in [5.74, 6) is -0.250. The first-order valence-corrected chi connectivity index (χ1v) is 6.41. The lowest BCUT2D eigenvalue weighted by Gasteiger charge is -1.97. The van der Waals surface area contributed by atoms with E-state index < -0.39 is 0 Å². The average Bonchev–Trinajstić information content (AvgIpc) is 2.75. The molecule has 3 N–H and O–H groups in total. The molecule has 0 aliphatic heterocycles. The molecule has 0 radical (unpaired) electrons. The van der Waals surface area contributed by atoms with Gasteiger partial charge >= 0.3 is 0 Å². The van der Waals surface area contributed by atoms with E-state index in [1.165, 1.54) is 11.3 Å². The van der Waals surface area contributed by atoms with Crippen LogP contribution in [0.15, 0.2) is 29.4 Å². The summed E-state index contributed by atoms with van der Waals surface area (Å²) < 4.78 is 0. The zero-order valence-corrected chi connectivity index (χ0v) is 11.1. The molecule has 1 aromatic heterocycles. The van der Waals surface area contributed by atoms with Gasteiger partial charge in [0.1, 0.15) is 5.01 Å². The van der Waals surface area contributed by atoms with Gasteiger partial charge in [0.15, 0.2) is 0 Å². The van der Waals surface area contributed by atoms with Crippen LogP contribution < -0.4 is 11.2 Å². The number of aryl methyl sites for hydroxylation is 1. The third-order valence-corrected chi connectivity index (χ3v) is 2.99. The van der Waals surface area contributed by atoms with Gasteiger partial charge in [-0.05, 0) is 12.5 Å². The van der Waals surface area contributed by atoms with Gasteiger partial charge in [0.2, 0.25) is 11.0 Å². The lowest BCUT2D eigenvalue weighted by Crippen LogP contribution is -2.19. The molecule has 0 aliphatic rings. The summed E-state index contributed by atoms with van der Waals surface area (Å²) in [7, 11) is 0. The van der Waals surface area contributed by atoms with E-state index in [1.54, 1.807) is 6.21 Å². The third kappa shape index (κ3) is 4.14. The molecule has 0 saturated carbocycles. The molecule has 0 unspecified atom stereocenters. The number of hydrogen-bond acceptors (Lipinski definition) is 6. The lowest BCUT2D eigenvalue weighted by atomic mass is 10.2. The van der Waals surface area contributed by atoms with Crippen molar-refractivity contribution < 1.29 is 4.79 Å². The van der Waals surface area contributed by atoms with E-state index in [1.807, 2.05) is 31.2 Å². The molecular formula is C12H13N5OS. The van der Waals surface area contributed by atoms with Gasteiger partial charge in [0.05, 0.1) is 12.6 Å². The van der Waals surface area contributed by atoms with Gasteiger partial charge in [0.25, 0.3) is 0 Å². The van der Waals surface area contributed by atoms with Crippen molar-refractivity contribution in [3.63, 3.8) is 0 Å². The second kappa shape index (κ2) is 6.05. The second-order valence-corrected chi connectivity index (χ2v) is 5.01. The second-order valence-electron chi connectivity index (χ2n) is 3.92. The average molecular weight is 275 g/mol. The molecule has 0 saturated heterocycles. The number of nitrogen functional groups attached to an aromatic ring is 1. The molecule has 6 nitrogen and oxygen atoms in total. The molecule has 0 fully saturated rings. The van der Waals surface area contributed by atoms with Gasteiger partial charge < -0.3 is 5.73 Å². The number of anilines is 1. The van der Waals surface area contributed by atoms with Crippen molar-refractivity contribution in [3.05, 3.63) is 40.4 Å². The van der Waals surface area contributed by atoms with Crippen LogP contribution in [0.3, 0.4) is 0 Å². The van der Waals surface area contributed by atoms with E-state index in [2.05, 4.69) is 20.7 Å². The SMILES string of the molecule is Cc1cccc(C=NNC(=O)Cc2nnc(N)s2)c1. The third-order valence-electron chi connectivity index (χ3n) is 2.24. The van der Waals surface area contributed by atoms with Crippen LogP contribution >= 0.6 is 11.3 Å². The zero-order chi connectivity index (χ0) is 13.7. The molecular weight excluding hydrogens is 262 g/mol. The Kier molecular flexibility index (Phi) is 4.19. The van der Waals surface area contributed by atoms with Gasteiger partial charge in [-0.3, -0.25) is 4.79 Å². The summed E-state index contributed by atoms with van der Waals surface area (Å²) in [4.78, 5) is 11.6. The Labute approximate surface area is 114 Å². The van der Waals surface area contributed by atoms with Crippen molar-refractivity contribution in [1.29, 1.82) is 0 Å². The Morgan fingerprint density at radius 1 is 1.53 bits per heavy atom. The molecule has 0 atom stereocenters. The quantitative estimate of drug-likeness (QED) is 0.646. The maximum atomic E-state index is 11.6. The molecule has 0 aliphatic carbocycles. The van der Waals surface area contributed by atoms with Crippen LogP contribution in [0, 0.1) is 6.92 Å². The van der Waals surface area contributed by atoms with E-state index >= 15 is 0 Å². The van der Waals surface area contributed by atoms with Gasteiger partial charge in [-0.15, -0.1) is 10.2 Å². The summed E-state index contributed by atoms with van der Waals surface area (Å²) in [6.07, 6.45) is 1.72. The predicted molar refractivity (Wildman–Crippen MR) is 74.9 cm³/mol. The molecule has 98 valence electrons. The minimum atomic E-state index is -0.250. The highest BCUT2D eigenvalue weighted by molar-refractivity contribution is 7.15. The first-order chi connectivity index (χ1) is 9.13. The summed E-state index contributed by atoms with van der Waals surface area (Å²) in [5.41, 5.74) is 9.93. The molecule has 0 bridgehead atoms. The van der Waals surface area contributed by atoms with Crippen LogP contribution in [0.4, 0.5) is 5.13 Å². The lowest BCUT2D eigenvalue weighted by molar-refractivity contribution is -0.120. The number of hydrogen-bond donors (Lipinski definition) is 2. The number of benzene rings is 1. The normalized spacial score (nSPS) is 10.8. The Hall–Kier alpha value is -2.28. The van der Waals surface area contributed by atoms with Gasteiger partial charge in [0, 0.05) is 0 Å². The molecule has 2 rings (SSSR count). The summed E-state index contributed by atoms with van der Waals surface area (Å²) in [5, 5.41) is 12.2. The number of amides is 1. The van der Waals surface area contributed by atoms with Crippen molar-refractivity contribution in [2.24, 2.45) is 5.10 Å². The highest BCUT2D eigenvalue weighted by Gasteiger charge is 2.06. The Morgan fingerprint density at radius 2 is 2.37 bits per heavy atom. The smallest absolute Gasteiger partial charge is 0.247 e. The van der Waals surface area contributed by atoms with Crippen molar-refractivity contribution >= 4 is 28.6 Å². The molecule has 2 aromatic rings. The summed E-state index contributed by atoms with van der Waals surface area (Å²) in [6.45, 7) is 2.00. The van der Waals surface area contributed by atoms with Crippen molar-refractivity contribution in [1.82, 2.24) is 15.6 Å². The standard InChI is InChI=1S/C12H13N5OS/c1-8-3-2-4-9(5-8)7-14-15-10(18)6-11-16-17-12(13)19-11/h2-5,7H,6H2,1H3,(H2,13,17)(H,15,18). The van der Waals surface area contributed by atoms with E-state index in [0.29, 0.717) is 10.1 Å². The Balaban J connectivity index is 1.86. The van der Waals surface area contributed by atoms with Crippen molar-refractivity contribution in [2.45, 2.75) is 13.3 Å².